The van der Waals surface area contributed by atoms with E-state index in [1.165, 1.54) is 0 Å². The van der Waals surface area contributed by atoms with Gasteiger partial charge >= 0.3 is 0 Å². The summed E-state index contributed by atoms with van der Waals surface area (Å²) >= 11 is 0.874. The standard InChI is InChI=1S/C12H18F4S/c13-7-3-1-4-8(14)11(7)17-12-9(15)5-2-6-10(12)16/h7-12H,1-6H2. The summed E-state index contributed by atoms with van der Waals surface area (Å²) in [5.74, 6) is 0. The van der Waals surface area contributed by atoms with Gasteiger partial charge in [0.05, 0.1) is 10.5 Å². The predicted octanol–water partition coefficient (Wildman–Crippen LogP) is 4.18. The van der Waals surface area contributed by atoms with Gasteiger partial charge in [0, 0.05) is 0 Å². The van der Waals surface area contributed by atoms with E-state index in [4.69, 9.17) is 0 Å². The van der Waals surface area contributed by atoms with Gasteiger partial charge in [-0.1, -0.05) is 0 Å². The number of hydrogen-bond donors (Lipinski definition) is 0. The molecule has 0 bridgehead atoms. The lowest BCUT2D eigenvalue weighted by atomic mass is 9.96. The number of alkyl halides is 4. The first-order chi connectivity index (χ1) is 8.09. The van der Waals surface area contributed by atoms with Crippen LogP contribution in [0.3, 0.4) is 0 Å². The van der Waals surface area contributed by atoms with Crippen LogP contribution < -0.4 is 0 Å². The van der Waals surface area contributed by atoms with E-state index in [-0.39, 0.29) is 0 Å². The van der Waals surface area contributed by atoms with Gasteiger partial charge in [0.2, 0.25) is 0 Å². The van der Waals surface area contributed by atoms with Gasteiger partial charge in [-0.2, -0.15) is 0 Å². The lowest BCUT2D eigenvalue weighted by Crippen LogP contribution is -2.41. The second-order valence-electron chi connectivity index (χ2n) is 4.99. The molecule has 0 nitrogen and oxygen atoms in total. The minimum absolute atomic E-state index is 0.318. The lowest BCUT2D eigenvalue weighted by Gasteiger charge is -2.35. The molecule has 0 aromatic carbocycles. The van der Waals surface area contributed by atoms with Crippen LogP contribution in [-0.2, 0) is 0 Å². The molecule has 17 heavy (non-hydrogen) atoms. The molecule has 100 valence electrons. The summed E-state index contributed by atoms with van der Waals surface area (Å²) in [5, 5.41) is -1.74. The molecule has 2 rings (SSSR count). The maximum Gasteiger partial charge on any atom is 0.115 e. The van der Waals surface area contributed by atoms with Crippen molar-refractivity contribution in [3.63, 3.8) is 0 Å². The Balaban J connectivity index is 1.97. The van der Waals surface area contributed by atoms with Crippen LogP contribution in [0.25, 0.3) is 0 Å². The van der Waals surface area contributed by atoms with Crippen LogP contribution in [0.4, 0.5) is 17.6 Å². The van der Waals surface area contributed by atoms with Crippen molar-refractivity contribution in [2.45, 2.75) is 73.7 Å². The fourth-order valence-corrected chi connectivity index (χ4v) is 4.24. The normalized spacial score (nSPS) is 48.0. The molecule has 2 saturated carbocycles. The van der Waals surface area contributed by atoms with Gasteiger partial charge in [-0.25, -0.2) is 17.6 Å². The molecule has 5 heteroatoms. The van der Waals surface area contributed by atoms with Crippen molar-refractivity contribution in [2.24, 2.45) is 0 Å². The molecule has 0 spiro atoms. The summed E-state index contributed by atoms with van der Waals surface area (Å²) in [6.45, 7) is 0. The summed E-state index contributed by atoms with van der Waals surface area (Å²) in [4.78, 5) is 0. The number of halogens is 4. The lowest BCUT2D eigenvalue weighted by molar-refractivity contribution is 0.154. The Hall–Kier alpha value is 0.0700. The Bertz CT molecular complexity index is 207. The molecule has 2 aliphatic carbocycles. The first-order valence-corrected chi connectivity index (χ1v) is 7.25. The van der Waals surface area contributed by atoms with Gasteiger partial charge in [-0.05, 0) is 38.5 Å². The largest absolute Gasteiger partial charge is 0.246 e. The Labute approximate surface area is 104 Å². The van der Waals surface area contributed by atoms with E-state index in [1.54, 1.807) is 0 Å². The molecular weight excluding hydrogens is 252 g/mol. The molecule has 0 heterocycles. The van der Waals surface area contributed by atoms with Crippen molar-refractivity contribution in [1.82, 2.24) is 0 Å². The Kier molecular flexibility index (Phi) is 4.61. The molecule has 0 aromatic heterocycles. The van der Waals surface area contributed by atoms with Gasteiger partial charge in [-0.15, -0.1) is 11.8 Å². The van der Waals surface area contributed by atoms with Crippen LogP contribution in [0.15, 0.2) is 0 Å². The SMILES string of the molecule is FC1CCCC(F)C1SC1C(F)CCCC1F. The summed E-state index contributed by atoms with van der Waals surface area (Å²) in [5.41, 5.74) is 0. The minimum Gasteiger partial charge on any atom is -0.246 e. The van der Waals surface area contributed by atoms with Crippen molar-refractivity contribution in [2.75, 3.05) is 0 Å². The zero-order chi connectivity index (χ0) is 12.4. The second kappa shape index (κ2) is 5.81. The predicted molar refractivity (Wildman–Crippen MR) is 62.5 cm³/mol. The minimum atomic E-state index is -1.26. The van der Waals surface area contributed by atoms with E-state index in [0.717, 1.165) is 11.8 Å². The molecule has 2 fully saturated rings. The molecule has 0 aliphatic heterocycles. The van der Waals surface area contributed by atoms with E-state index < -0.39 is 35.2 Å². The monoisotopic (exact) mass is 270 g/mol. The van der Waals surface area contributed by atoms with Gasteiger partial charge < -0.3 is 0 Å². The Morgan fingerprint density at radius 3 is 1.18 bits per heavy atom. The average molecular weight is 270 g/mol. The van der Waals surface area contributed by atoms with E-state index in [0.29, 0.717) is 38.5 Å². The van der Waals surface area contributed by atoms with E-state index in [9.17, 15) is 17.6 Å². The van der Waals surface area contributed by atoms with Crippen LogP contribution in [0, 0.1) is 0 Å². The molecule has 0 amide bonds. The molecule has 4 unspecified atom stereocenters. The highest BCUT2D eigenvalue weighted by Gasteiger charge is 2.41. The molecule has 4 atom stereocenters. The molecular formula is C12H18F4S. The van der Waals surface area contributed by atoms with E-state index in [1.807, 2.05) is 0 Å². The molecule has 0 aromatic rings. The molecule has 2 aliphatic rings. The van der Waals surface area contributed by atoms with Gasteiger partial charge in [-0.3, -0.25) is 0 Å². The summed E-state index contributed by atoms with van der Waals surface area (Å²) < 4.78 is 54.4. The molecule has 0 radical (unpaired) electrons. The van der Waals surface area contributed by atoms with Crippen LogP contribution >= 0.6 is 11.8 Å². The summed E-state index contributed by atoms with van der Waals surface area (Å²) in [6.07, 6.45) is -2.70. The third kappa shape index (κ3) is 3.09. The maximum absolute atomic E-state index is 13.6. The number of thioether (sulfide) groups is 1. The molecule has 0 saturated heterocycles. The zero-order valence-corrected chi connectivity index (χ0v) is 10.4. The third-order valence-electron chi connectivity index (χ3n) is 3.66. The summed E-state index contributed by atoms with van der Waals surface area (Å²) in [6, 6.07) is 0. The topological polar surface area (TPSA) is 0 Å². The Morgan fingerprint density at radius 2 is 0.882 bits per heavy atom. The van der Waals surface area contributed by atoms with Crippen molar-refractivity contribution < 1.29 is 17.6 Å². The third-order valence-corrected chi connectivity index (χ3v) is 5.47. The highest BCUT2D eigenvalue weighted by molar-refractivity contribution is 8.00. The quantitative estimate of drug-likeness (QED) is 0.678. The van der Waals surface area contributed by atoms with Gasteiger partial charge in [0.15, 0.2) is 0 Å². The zero-order valence-electron chi connectivity index (χ0n) is 9.63. The fourth-order valence-electron chi connectivity index (χ4n) is 2.65. The van der Waals surface area contributed by atoms with Crippen molar-refractivity contribution in [1.29, 1.82) is 0 Å². The first-order valence-electron chi connectivity index (χ1n) is 6.31. The van der Waals surface area contributed by atoms with Gasteiger partial charge in [0.25, 0.3) is 0 Å². The van der Waals surface area contributed by atoms with E-state index >= 15 is 0 Å². The highest BCUT2D eigenvalue weighted by atomic mass is 32.2. The maximum atomic E-state index is 13.6. The average Bonchev–Trinajstić information content (AvgIpc) is 2.27. The van der Waals surface area contributed by atoms with Crippen LogP contribution in [0.5, 0.6) is 0 Å². The highest BCUT2D eigenvalue weighted by Crippen LogP contribution is 2.41. The van der Waals surface area contributed by atoms with E-state index in [2.05, 4.69) is 0 Å². The fraction of sp³-hybridized carbons (Fsp3) is 1.00. The smallest absolute Gasteiger partial charge is 0.115 e. The molecule has 0 N–H and O–H groups in total. The van der Waals surface area contributed by atoms with Crippen molar-refractivity contribution in [3.05, 3.63) is 0 Å². The number of hydrogen-bond acceptors (Lipinski definition) is 1. The van der Waals surface area contributed by atoms with Crippen LogP contribution in [0.2, 0.25) is 0 Å². The summed E-state index contributed by atoms with van der Waals surface area (Å²) in [7, 11) is 0. The first kappa shape index (κ1) is 13.5. The van der Waals surface area contributed by atoms with Crippen molar-refractivity contribution in [3.8, 4) is 0 Å². The van der Waals surface area contributed by atoms with Crippen LogP contribution in [-0.4, -0.2) is 35.2 Å². The van der Waals surface area contributed by atoms with Gasteiger partial charge in [0.1, 0.15) is 24.7 Å². The second-order valence-corrected chi connectivity index (χ2v) is 6.35. The number of rotatable bonds is 2. The Morgan fingerprint density at radius 1 is 0.588 bits per heavy atom. The van der Waals surface area contributed by atoms with Crippen LogP contribution in [0.1, 0.15) is 38.5 Å². The van der Waals surface area contributed by atoms with Crippen molar-refractivity contribution >= 4 is 11.8 Å².